The van der Waals surface area contributed by atoms with Gasteiger partial charge in [-0.25, -0.2) is 4.98 Å². The first-order chi connectivity index (χ1) is 6.11. The molecule has 2 nitrogen and oxygen atoms in total. The second-order valence-corrected chi connectivity index (χ2v) is 3.76. The van der Waals surface area contributed by atoms with E-state index in [0.29, 0.717) is 5.69 Å². The molecular weight excluding hydrogens is 180 g/mol. The molecule has 0 bridgehead atoms. The molecule has 1 heterocycles. The van der Waals surface area contributed by atoms with Gasteiger partial charge in [-0.1, -0.05) is 0 Å². The minimum atomic E-state index is 0.549. The van der Waals surface area contributed by atoms with Gasteiger partial charge >= 0.3 is 0 Å². The Morgan fingerprint density at radius 1 is 1.23 bits per heavy atom. The van der Waals surface area contributed by atoms with Crippen molar-refractivity contribution in [2.75, 3.05) is 6.26 Å². The number of aromatic nitrogens is 1. The minimum absolute atomic E-state index is 0.549. The number of thioether (sulfide) groups is 1. The maximum absolute atomic E-state index is 8.86. The van der Waals surface area contributed by atoms with Crippen LogP contribution in [0, 0.1) is 32.1 Å². The molecule has 0 amide bonds. The largest absolute Gasteiger partial charge is 0.241 e. The number of rotatable bonds is 1. The Morgan fingerprint density at radius 2 is 1.85 bits per heavy atom. The molecular formula is C10H12N2S. The molecule has 1 aromatic rings. The van der Waals surface area contributed by atoms with Crippen LogP contribution < -0.4 is 0 Å². The summed E-state index contributed by atoms with van der Waals surface area (Å²) in [6.45, 7) is 6.02. The number of hydrogen-bond donors (Lipinski definition) is 0. The molecule has 0 aliphatic heterocycles. The topological polar surface area (TPSA) is 36.7 Å². The second kappa shape index (κ2) is 3.80. The van der Waals surface area contributed by atoms with Crippen LogP contribution in [0.15, 0.2) is 4.90 Å². The lowest BCUT2D eigenvalue weighted by molar-refractivity contribution is 1.03. The molecule has 3 heteroatoms. The third-order valence-electron chi connectivity index (χ3n) is 2.25. The highest BCUT2D eigenvalue weighted by Gasteiger charge is 2.10. The van der Waals surface area contributed by atoms with Crippen molar-refractivity contribution < 1.29 is 0 Å². The van der Waals surface area contributed by atoms with E-state index in [1.165, 1.54) is 11.1 Å². The zero-order valence-electron chi connectivity index (χ0n) is 8.30. The van der Waals surface area contributed by atoms with Gasteiger partial charge in [-0.2, -0.15) is 5.26 Å². The summed E-state index contributed by atoms with van der Waals surface area (Å²) in [4.78, 5) is 5.25. The molecule has 0 saturated carbocycles. The summed E-state index contributed by atoms with van der Waals surface area (Å²) < 4.78 is 0. The lowest BCUT2D eigenvalue weighted by Crippen LogP contribution is -1.98. The standard InChI is InChI=1S/C10H12N2S/c1-6-7(2)10(13-4)9(5-11)12-8(6)3/h1-4H3. The van der Waals surface area contributed by atoms with Crippen molar-refractivity contribution in [2.45, 2.75) is 25.7 Å². The van der Waals surface area contributed by atoms with Crippen LogP contribution in [-0.2, 0) is 0 Å². The van der Waals surface area contributed by atoms with Crippen molar-refractivity contribution in [3.8, 4) is 6.07 Å². The van der Waals surface area contributed by atoms with Gasteiger partial charge in [0.25, 0.3) is 0 Å². The third kappa shape index (κ3) is 1.68. The number of hydrogen-bond acceptors (Lipinski definition) is 3. The Kier molecular flexibility index (Phi) is 2.94. The fraction of sp³-hybridized carbons (Fsp3) is 0.400. The third-order valence-corrected chi connectivity index (χ3v) is 3.16. The predicted molar refractivity (Wildman–Crippen MR) is 54.9 cm³/mol. The molecule has 0 spiro atoms. The predicted octanol–water partition coefficient (Wildman–Crippen LogP) is 2.60. The lowest BCUT2D eigenvalue weighted by Gasteiger charge is -2.09. The van der Waals surface area contributed by atoms with Crippen LogP contribution >= 0.6 is 11.8 Å². The molecule has 0 aliphatic carbocycles. The smallest absolute Gasteiger partial charge is 0.154 e. The quantitative estimate of drug-likeness (QED) is 0.642. The van der Waals surface area contributed by atoms with Gasteiger partial charge in [0, 0.05) is 10.6 Å². The highest BCUT2D eigenvalue weighted by atomic mass is 32.2. The fourth-order valence-electron chi connectivity index (χ4n) is 1.25. The van der Waals surface area contributed by atoms with Crippen LogP contribution in [0.1, 0.15) is 22.5 Å². The summed E-state index contributed by atoms with van der Waals surface area (Å²) in [6.07, 6.45) is 1.97. The van der Waals surface area contributed by atoms with Gasteiger partial charge in [-0.3, -0.25) is 0 Å². The Morgan fingerprint density at radius 3 is 2.31 bits per heavy atom. The maximum atomic E-state index is 8.86. The van der Waals surface area contributed by atoms with Gasteiger partial charge in [0.2, 0.25) is 0 Å². The molecule has 0 fully saturated rings. The second-order valence-electron chi connectivity index (χ2n) is 2.94. The normalized spacial score (nSPS) is 9.77. The summed E-state index contributed by atoms with van der Waals surface area (Å²) in [5, 5.41) is 8.86. The van der Waals surface area contributed by atoms with Crippen molar-refractivity contribution in [1.82, 2.24) is 4.98 Å². The zero-order valence-corrected chi connectivity index (χ0v) is 9.12. The molecule has 0 aromatic carbocycles. The van der Waals surface area contributed by atoms with Crippen molar-refractivity contribution in [1.29, 1.82) is 5.26 Å². The molecule has 1 rings (SSSR count). The molecule has 0 unspecified atom stereocenters. The van der Waals surface area contributed by atoms with E-state index in [1.54, 1.807) is 11.8 Å². The molecule has 1 aromatic heterocycles. The van der Waals surface area contributed by atoms with Crippen molar-refractivity contribution in [2.24, 2.45) is 0 Å². The molecule has 13 heavy (non-hydrogen) atoms. The van der Waals surface area contributed by atoms with Crippen molar-refractivity contribution in [3.05, 3.63) is 22.5 Å². The van der Waals surface area contributed by atoms with Gasteiger partial charge in [0.05, 0.1) is 0 Å². The lowest BCUT2D eigenvalue weighted by atomic mass is 10.1. The van der Waals surface area contributed by atoms with Crippen LogP contribution in [0.4, 0.5) is 0 Å². The zero-order chi connectivity index (χ0) is 10.0. The van der Waals surface area contributed by atoms with Gasteiger partial charge in [-0.05, 0) is 38.2 Å². The average molecular weight is 192 g/mol. The molecule has 0 atom stereocenters. The van der Waals surface area contributed by atoms with E-state index in [2.05, 4.69) is 11.1 Å². The highest BCUT2D eigenvalue weighted by Crippen LogP contribution is 2.26. The summed E-state index contributed by atoms with van der Waals surface area (Å²) in [5.74, 6) is 0. The molecule has 68 valence electrons. The van der Waals surface area contributed by atoms with E-state index in [0.717, 1.165) is 10.6 Å². The molecule has 0 aliphatic rings. The Hall–Kier alpha value is -1.01. The van der Waals surface area contributed by atoms with Crippen LogP contribution in [0.3, 0.4) is 0 Å². The number of nitrogens with zero attached hydrogens (tertiary/aromatic N) is 2. The van der Waals surface area contributed by atoms with E-state index in [-0.39, 0.29) is 0 Å². The van der Waals surface area contributed by atoms with Gasteiger partial charge in [-0.15, -0.1) is 11.8 Å². The summed E-state index contributed by atoms with van der Waals surface area (Å²) in [5.41, 5.74) is 3.86. The van der Waals surface area contributed by atoms with E-state index in [9.17, 15) is 0 Å². The Bertz CT molecular complexity index is 377. The van der Waals surface area contributed by atoms with Crippen LogP contribution in [0.25, 0.3) is 0 Å². The number of aryl methyl sites for hydroxylation is 1. The van der Waals surface area contributed by atoms with Crippen LogP contribution in [0.5, 0.6) is 0 Å². The Balaban J connectivity index is 3.50. The number of nitriles is 1. The van der Waals surface area contributed by atoms with Crippen LogP contribution in [-0.4, -0.2) is 11.2 Å². The van der Waals surface area contributed by atoms with Crippen LogP contribution in [0.2, 0.25) is 0 Å². The molecule has 0 N–H and O–H groups in total. The number of pyridine rings is 1. The fourth-order valence-corrected chi connectivity index (χ4v) is 1.99. The Labute approximate surface area is 83.0 Å². The van der Waals surface area contributed by atoms with E-state index < -0.39 is 0 Å². The first-order valence-electron chi connectivity index (χ1n) is 4.03. The highest BCUT2D eigenvalue weighted by molar-refractivity contribution is 7.98. The summed E-state index contributed by atoms with van der Waals surface area (Å²) >= 11 is 1.58. The van der Waals surface area contributed by atoms with E-state index in [1.807, 2.05) is 27.0 Å². The summed E-state index contributed by atoms with van der Waals surface area (Å²) in [6, 6.07) is 2.12. The van der Waals surface area contributed by atoms with Crippen molar-refractivity contribution in [3.63, 3.8) is 0 Å². The van der Waals surface area contributed by atoms with E-state index >= 15 is 0 Å². The van der Waals surface area contributed by atoms with Gasteiger partial charge in [0.15, 0.2) is 5.69 Å². The van der Waals surface area contributed by atoms with Gasteiger partial charge in [0.1, 0.15) is 6.07 Å². The molecule has 0 saturated heterocycles. The average Bonchev–Trinajstić information content (AvgIpc) is 2.13. The first-order valence-corrected chi connectivity index (χ1v) is 5.26. The van der Waals surface area contributed by atoms with Crippen molar-refractivity contribution >= 4 is 11.8 Å². The first kappa shape index (κ1) is 10.1. The monoisotopic (exact) mass is 192 g/mol. The molecule has 0 radical (unpaired) electrons. The maximum Gasteiger partial charge on any atom is 0.154 e. The SMILES string of the molecule is CSc1c(C#N)nc(C)c(C)c1C. The van der Waals surface area contributed by atoms with Gasteiger partial charge < -0.3 is 0 Å². The van der Waals surface area contributed by atoms with E-state index in [4.69, 9.17) is 5.26 Å². The minimum Gasteiger partial charge on any atom is -0.241 e. The summed E-state index contributed by atoms with van der Waals surface area (Å²) in [7, 11) is 0.